The average Bonchev–Trinajstić information content (AvgIpc) is 2.40. The Morgan fingerprint density at radius 1 is 1.00 bits per heavy atom. The maximum Gasteiger partial charge on any atom is 0.336 e. The maximum absolute atomic E-state index is 11.1. The number of carboxylic acid groups (broad SMARTS) is 1. The molecule has 19 heavy (non-hydrogen) atoms. The first-order valence-corrected chi connectivity index (χ1v) is 6.29. The summed E-state index contributed by atoms with van der Waals surface area (Å²) in [6, 6.07) is 11.9. The summed E-state index contributed by atoms with van der Waals surface area (Å²) in [4.78, 5) is 11.1. The lowest BCUT2D eigenvalue weighted by Crippen LogP contribution is -1.98. The molecule has 0 aromatic heterocycles. The predicted octanol–water partition coefficient (Wildman–Crippen LogP) is 4.86. The van der Waals surface area contributed by atoms with Crippen molar-refractivity contribution in [2.24, 2.45) is 0 Å². The lowest BCUT2D eigenvalue weighted by Gasteiger charge is -2.01. The summed E-state index contributed by atoms with van der Waals surface area (Å²) in [6.45, 7) is 0. The van der Waals surface area contributed by atoms with Gasteiger partial charge in [0.1, 0.15) is 0 Å². The van der Waals surface area contributed by atoms with Gasteiger partial charge in [0.25, 0.3) is 0 Å². The van der Waals surface area contributed by atoms with Gasteiger partial charge in [0, 0.05) is 10.0 Å². The molecular formula is C15H10Cl2O2. The lowest BCUT2D eigenvalue weighted by atomic mass is 10.1. The van der Waals surface area contributed by atoms with Crippen LogP contribution in [0.1, 0.15) is 21.5 Å². The molecule has 0 saturated carbocycles. The van der Waals surface area contributed by atoms with E-state index < -0.39 is 5.97 Å². The van der Waals surface area contributed by atoms with Gasteiger partial charge in [-0.2, -0.15) is 0 Å². The molecule has 2 aromatic carbocycles. The Balaban J connectivity index is 2.38. The van der Waals surface area contributed by atoms with Gasteiger partial charge in [-0.25, -0.2) is 4.79 Å². The van der Waals surface area contributed by atoms with Crippen LogP contribution >= 0.6 is 23.2 Å². The van der Waals surface area contributed by atoms with Crippen molar-refractivity contribution in [2.75, 3.05) is 0 Å². The van der Waals surface area contributed by atoms with Crippen LogP contribution in [0.4, 0.5) is 0 Å². The SMILES string of the molecule is O=C(O)c1ccccc1C=Cc1cc(Cl)ccc1Cl. The van der Waals surface area contributed by atoms with E-state index in [-0.39, 0.29) is 5.56 Å². The fourth-order valence-corrected chi connectivity index (χ4v) is 2.02. The molecule has 2 rings (SSSR count). The molecule has 0 amide bonds. The number of hydrogen-bond donors (Lipinski definition) is 1. The smallest absolute Gasteiger partial charge is 0.336 e. The summed E-state index contributed by atoms with van der Waals surface area (Å²) in [6.07, 6.45) is 3.46. The number of carbonyl (C=O) groups is 1. The summed E-state index contributed by atoms with van der Waals surface area (Å²) in [7, 11) is 0. The Morgan fingerprint density at radius 2 is 1.68 bits per heavy atom. The summed E-state index contributed by atoms with van der Waals surface area (Å²) >= 11 is 11.9. The van der Waals surface area contributed by atoms with E-state index in [9.17, 15) is 4.79 Å². The zero-order chi connectivity index (χ0) is 13.8. The molecule has 0 bridgehead atoms. The van der Waals surface area contributed by atoms with Crippen LogP contribution in [-0.4, -0.2) is 11.1 Å². The molecule has 4 heteroatoms. The zero-order valence-electron chi connectivity index (χ0n) is 9.81. The Kier molecular flexibility index (Phi) is 4.25. The predicted molar refractivity (Wildman–Crippen MR) is 78.8 cm³/mol. The number of aromatic carboxylic acids is 1. The Hall–Kier alpha value is -1.77. The van der Waals surface area contributed by atoms with Crippen molar-refractivity contribution in [3.63, 3.8) is 0 Å². The van der Waals surface area contributed by atoms with E-state index in [2.05, 4.69) is 0 Å². The van der Waals surface area contributed by atoms with Crippen LogP contribution < -0.4 is 0 Å². The summed E-state index contributed by atoms with van der Waals surface area (Å²) in [5.41, 5.74) is 1.61. The lowest BCUT2D eigenvalue weighted by molar-refractivity contribution is 0.0696. The van der Waals surface area contributed by atoms with E-state index in [0.29, 0.717) is 15.6 Å². The van der Waals surface area contributed by atoms with E-state index in [4.69, 9.17) is 28.3 Å². The average molecular weight is 293 g/mol. The van der Waals surface area contributed by atoms with E-state index in [0.717, 1.165) is 5.56 Å². The molecule has 0 radical (unpaired) electrons. The summed E-state index contributed by atoms with van der Waals surface area (Å²) in [5.74, 6) is -0.961. The molecular weight excluding hydrogens is 283 g/mol. The molecule has 0 aliphatic carbocycles. The van der Waals surface area contributed by atoms with Gasteiger partial charge in [0.2, 0.25) is 0 Å². The first-order valence-electron chi connectivity index (χ1n) is 5.53. The second-order valence-corrected chi connectivity index (χ2v) is 4.74. The molecule has 0 saturated heterocycles. The van der Waals surface area contributed by atoms with Gasteiger partial charge in [0.05, 0.1) is 5.56 Å². The monoisotopic (exact) mass is 292 g/mol. The molecule has 0 spiro atoms. The van der Waals surface area contributed by atoms with Crippen molar-refractivity contribution in [1.82, 2.24) is 0 Å². The van der Waals surface area contributed by atoms with Crippen LogP contribution in [0.5, 0.6) is 0 Å². The number of carboxylic acids is 1. The van der Waals surface area contributed by atoms with Gasteiger partial charge in [-0.15, -0.1) is 0 Å². The van der Waals surface area contributed by atoms with Crippen molar-refractivity contribution in [3.05, 3.63) is 69.2 Å². The molecule has 2 nitrogen and oxygen atoms in total. The van der Waals surface area contributed by atoms with E-state index in [1.54, 1.807) is 54.6 Å². The topological polar surface area (TPSA) is 37.3 Å². The van der Waals surface area contributed by atoms with Gasteiger partial charge in [-0.1, -0.05) is 53.6 Å². The third kappa shape index (κ3) is 3.37. The van der Waals surface area contributed by atoms with Crippen LogP contribution in [0.3, 0.4) is 0 Å². The van der Waals surface area contributed by atoms with Crippen molar-refractivity contribution < 1.29 is 9.90 Å². The maximum atomic E-state index is 11.1. The zero-order valence-corrected chi connectivity index (χ0v) is 11.3. The fourth-order valence-electron chi connectivity index (χ4n) is 1.66. The highest BCUT2D eigenvalue weighted by Gasteiger charge is 2.06. The molecule has 0 aliphatic rings. The van der Waals surface area contributed by atoms with E-state index >= 15 is 0 Å². The van der Waals surface area contributed by atoms with Crippen molar-refractivity contribution >= 4 is 41.3 Å². The van der Waals surface area contributed by atoms with Crippen LogP contribution in [0.25, 0.3) is 12.2 Å². The standard InChI is InChI=1S/C15H10Cl2O2/c16-12-7-8-14(17)11(9-12)6-5-10-3-1-2-4-13(10)15(18)19/h1-9H,(H,18,19). The molecule has 0 fully saturated rings. The Labute approximate surface area is 120 Å². The van der Waals surface area contributed by atoms with E-state index in [1.807, 2.05) is 0 Å². The van der Waals surface area contributed by atoms with Crippen molar-refractivity contribution in [2.45, 2.75) is 0 Å². The Morgan fingerprint density at radius 3 is 2.42 bits per heavy atom. The third-order valence-corrected chi connectivity index (χ3v) is 3.17. The minimum atomic E-state index is -0.961. The highest BCUT2D eigenvalue weighted by Crippen LogP contribution is 2.23. The van der Waals surface area contributed by atoms with Gasteiger partial charge >= 0.3 is 5.97 Å². The second kappa shape index (κ2) is 5.91. The second-order valence-electron chi connectivity index (χ2n) is 3.89. The first-order chi connectivity index (χ1) is 9.08. The van der Waals surface area contributed by atoms with E-state index in [1.165, 1.54) is 0 Å². The minimum Gasteiger partial charge on any atom is -0.478 e. The fraction of sp³-hybridized carbons (Fsp3) is 0. The summed E-state index contributed by atoms with van der Waals surface area (Å²) < 4.78 is 0. The quantitative estimate of drug-likeness (QED) is 0.820. The molecule has 0 aliphatic heterocycles. The Bertz CT molecular complexity index is 648. The van der Waals surface area contributed by atoms with Crippen LogP contribution in [-0.2, 0) is 0 Å². The number of rotatable bonds is 3. The van der Waals surface area contributed by atoms with Gasteiger partial charge < -0.3 is 5.11 Å². The highest BCUT2D eigenvalue weighted by atomic mass is 35.5. The minimum absolute atomic E-state index is 0.247. The largest absolute Gasteiger partial charge is 0.478 e. The molecule has 0 heterocycles. The van der Waals surface area contributed by atoms with Crippen molar-refractivity contribution in [3.8, 4) is 0 Å². The highest BCUT2D eigenvalue weighted by molar-refractivity contribution is 6.34. The number of benzene rings is 2. The van der Waals surface area contributed by atoms with Crippen molar-refractivity contribution in [1.29, 1.82) is 0 Å². The number of halogens is 2. The normalized spacial score (nSPS) is 10.8. The van der Waals surface area contributed by atoms with Crippen LogP contribution in [0.2, 0.25) is 10.0 Å². The molecule has 96 valence electrons. The third-order valence-electron chi connectivity index (χ3n) is 2.59. The van der Waals surface area contributed by atoms with Gasteiger partial charge in [-0.3, -0.25) is 0 Å². The molecule has 1 N–H and O–H groups in total. The molecule has 0 unspecified atom stereocenters. The van der Waals surface area contributed by atoms with Gasteiger partial charge in [0.15, 0.2) is 0 Å². The van der Waals surface area contributed by atoms with Gasteiger partial charge in [-0.05, 0) is 35.4 Å². The number of hydrogen-bond acceptors (Lipinski definition) is 1. The van der Waals surface area contributed by atoms with Crippen LogP contribution in [0, 0.1) is 0 Å². The summed E-state index contributed by atoms with van der Waals surface area (Å²) in [5, 5.41) is 10.2. The molecule has 0 atom stereocenters. The first kappa shape index (κ1) is 13.7. The molecule has 2 aromatic rings. The van der Waals surface area contributed by atoms with Crippen LogP contribution in [0.15, 0.2) is 42.5 Å².